The predicted octanol–water partition coefficient (Wildman–Crippen LogP) is 8.33. The molecule has 5 aromatic carbocycles. The predicted molar refractivity (Wildman–Crippen MR) is 183 cm³/mol. The molecule has 0 atom stereocenters. The van der Waals surface area contributed by atoms with Crippen LogP contribution in [0.15, 0.2) is 97.1 Å². The first-order valence-electron chi connectivity index (χ1n) is 15.7. The first-order chi connectivity index (χ1) is 20.5. The molecule has 0 unspecified atom stereocenters. The zero-order valence-electron chi connectivity index (χ0n) is 25.5. The summed E-state index contributed by atoms with van der Waals surface area (Å²) in [5.74, 6) is 0. The highest BCUT2D eigenvalue weighted by Gasteiger charge is 2.43. The van der Waals surface area contributed by atoms with Gasteiger partial charge in [0.25, 0.3) is 6.71 Å². The molecule has 0 saturated carbocycles. The lowest BCUT2D eigenvalue weighted by molar-refractivity contribution is 1.13. The molecule has 7 rings (SSSR count). The molecule has 0 aromatic heterocycles. The van der Waals surface area contributed by atoms with E-state index in [4.69, 9.17) is 0 Å². The molecule has 0 N–H and O–H groups in total. The van der Waals surface area contributed by atoms with Crippen LogP contribution in [0, 0.1) is 6.92 Å². The van der Waals surface area contributed by atoms with Crippen molar-refractivity contribution in [3.05, 3.63) is 125 Å². The van der Waals surface area contributed by atoms with E-state index in [1.165, 1.54) is 78.3 Å². The Bertz CT molecular complexity index is 1660. The Labute approximate surface area is 251 Å². The average Bonchev–Trinajstić information content (AvgIpc) is 3.04. The third kappa shape index (κ3) is 4.17. The van der Waals surface area contributed by atoms with Crippen LogP contribution < -0.4 is 26.2 Å². The van der Waals surface area contributed by atoms with Gasteiger partial charge in [-0.05, 0) is 125 Å². The fourth-order valence-electron chi connectivity index (χ4n) is 7.00. The van der Waals surface area contributed by atoms with Crippen LogP contribution >= 0.6 is 0 Å². The molecule has 0 spiro atoms. The van der Waals surface area contributed by atoms with Gasteiger partial charge in [-0.25, -0.2) is 0 Å². The van der Waals surface area contributed by atoms with Crippen molar-refractivity contribution in [1.82, 2.24) is 0 Å². The molecule has 0 aliphatic carbocycles. The van der Waals surface area contributed by atoms with Crippen LogP contribution in [0.5, 0.6) is 0 Å². The quantitative estimate of drug-likeness (QED) is 0.194. The van der Waals surface area contributed by atoms with Crippen molar-refractivity contribution in [3.8, 4) is 0 Å². The lowest BCUT2D eigenvalue weighted by Gasteiger charge is -2.44. The van der Waals surface area contributed by atoms with Crippen molar-refractivity contribution in [1.29, 1.82) is 0 Å². The fraction of sp³-hybridized carbons (Fsp3) is 0.231. The maximum atomic E-state index is 2.52. The van der Waals surface area contributed by atoms with Crippen LogP contribution in [-0.2, 0) is 25.7 Å². The van der Waals surface area contributed by atoms with Crippen LogP contribution in [0.25, 0.3) is 0 Å². The Balaban J connectivity index is 1.56. The summed E-state index contributed by atoms with van der Waals surface area (Å²) in [7, 11) is 0. The van der Waals surface area contributed by atoms with E-state index >= 15 is 0 Å². The van der Waals surface area contributed by atoms with Crippen LogP contribution in [0.1, 0.15) is 55.5 Å². The molecule has 0 radical (unpaired) electrons. The standard InChI is InChI=1S/C39H39BN2/c1-6-27-10-16-31(17-11-27)41-35-20-14-29(8-3)24-33(35)40-34-25-30(9-4)15-21-36(34)42(32-18-12-28(7-2)13-19-32)38-23-26(5)22-37(41)39(38)40/h10-25H,6-9H2,1-5H3. The highest BCUT2D eigenvalue weighted by Crippen LogP contribution is 2.44. The summed E-state index contributed by atoms with van der Waals surface area (Å²) in [4.78, 5) is 5.03. The molecule has 0 bridgehead atoms. The third-order valence-electron chi connectivity index (χ3n) is 9.36. The number of anilines is 6. The molecule has 0 amide bonds. The number of aryl methyl sites for hydroxylation is 5. The largest absolute Gasteiger partial charge is 0.311 e. The normalized spacial score (nSPS) is 13.1. The van der Waals surface area contributed by atoms with Gasteiger partial charge in [0, 0.05) is 34.1 Å². The third-order valence-corrected chi connectivity index (χ3v) is 9.36. The van der Waals surface area contributed by atoms with Crippen molar-refractivity contribution < 1.29 is 0 Å². The molecular weight excluding hydrogens is 507 g/mol. The van der Waals surface area contributed by atoms with E-state index in [0.717, 1.165) is 25.7 Å². The summed E-state index contributed by atoms with van der Waals surface area (Å²) < 4.78 is 0. The lowest BCUT2D eigenvalue weighted by atomic mass is 9.33. The van der Waals surface area contributed by atoms with Crippen molar-refractivity contribution >= 4 is 57.2 Å². The second kappa shape index (κ2) is 10.5. The zero-order chi connectivity index (χ0) is 29.0. The molecule has 2 aliphatic heterocycles. The summed E-state index contributed by atoms with van der Waals surface area (Å²) in [6.07, 6.45) is 4.13. The van der Waals surface area contributed by atoms with E-state index in [1.807, 2.05) is 0 Å². The maximum absolute atomic E-state index is 2.52. The van der Waals surface area contributed by atoms with Crippen LogP contribution in [0.3, 0.4) is 0 Å². The average molecular weight is 547 g/mol. The minimum atomic E-state index is 0.177. The minimum absolute atomic E-state index is 0.177. The van der Waals surface area contributed by atoms with Crippen molar-refractivity contribution in [2.24, 2.45) is 0 Å². The Kier molecular flexibility index (Phi) is 6.69. The van der Waals surface area contributed by atoms with Gasteiger partial charge in [-0.15, -0.1) is 0 Å². The van der Waals surface area contributed by atoms with E-state index < -0.39 is 0 Å². The van der Waals surface area contributed by atoms with Gasteiger partial charge < -0.3 is 9.80 Å². The van der Waals surface area contributed by atoms with Crippen molar-refractivity contribution in [2.45, 2.75) is 60.3 Å². The molecule has 2 aliphatic rings. The molecule has 0 fully saturated rings. The number of benzene rings is 5. The SMILES string of the molecule is CCc1ccc(N2c3ccc(CC)cc3B3c4cc(CC)ccc4N(c4ccc(CC)cc4)c4cc(C)cc2c43)cc1. The van der Waals surface area contributed by atoms with Gasteiger partial charge >= 0.3 is 0 Å². The van der Waals surface area contributed by atoms with Gasteiger partial charge in [0.15, 0.2) is 0 Å². The molecule has 2 heterocycles. The van der Waals surface area contributed by atoms with E-state index in [2.05, 4.69) is 141 Å². The molecular formula is C39H39BN2. The maximum Gasteiger partial charge on any atom is 0.252 e. The number of fused-ring (bicyclic) bond motifs is 4. The highest BCUT2D eigenvalue weighted by molar-refractivity contribution is 7.00. The zero-order valence-corrected chi connectivity index (χ0v) is 25.5. The number of hydrogen-bond donors (Lipinski definition) is 0. The Morgan fingerprint density at radius 3 is 1.21 bits per heavy atom. The Morgan fingerprint density at radius 2 is 0.833 bits per heavy atom. The molecule has 208 valence electrons. The van der Waals surface area contributed by atoms with Crippen molar-refractivity contribution in [3.63, 3.8) is 0 Å². The molecule has 5 aromatic rings. The number of hydrogen-bond acceptors (Lipinski definition) is 2. The van der Waals surface area contributed by atoms with Gasteiger partial charge in [-0.3, -0.25) is 0 Å². The number of nitrogens with zero attached hydrogens (tertiary/aromatic N) is 2. The monoisotopic (exact) mass is 546 g/mol. The van der Waals surface area contributed by atoms with Gasteiger partial charge in [0.2, 0.25) is 0 Å². The minimum Gasteiger partial charge on any atom is -0.311 e. The van der Waals surface area contributed by atoms with E-state index in [9.17, 15) is 0 Å². The fourth-order valence-corrected chi connectivity index (χ4v) is 7.00. The smallest absolute Gasteiger partial charge is 0.252 e. The van der Waals surface area contributed by atoms with E-state index in [0.29, 0.717) is 0 Å². The summed E-state index contributed by atoms with van der Waals surface area (Å²) in [5.41, 5.74) is 18.6. The van der Waals surface area contributed by atoms with Crippen LogP contribution in [0.4, 0.5) is 34.1 Å². The molecule has 0 saturated heterocycles. The lowest BCUT2D eigenvalue weighted by Crippen LogP contribution is -2.61. The first kappa shape index (κ1) is 26.7. The van der Waals surface area contributed by atoms with Gasteiger partial charge in [-0.1, -0.05) is 76.2 Å². The van der Waals surface area contributed by atoms with Gasteiger partial charge in [-0.2, -0.15) is 0 Å². The van der Waals surface area contributed by atoms with E-state index in [1.54, 1.807) is 0 Å². The number of rotatable bonds is 6. The summed E-state index contributed by atoms with van der Waals surface area (Å²) in [6, 6.07) is 37.5. The van der Waals surface area contributed by atoms with Gasteiger partial charge in [0.1, 0.15) is 0 Å². The molecule has 3 heteroatoms. The van der Waals surface area contributed by atoms with Crippen LogP contribution in [-0.4, -0.2) is 6.71 Å². The highest BCUT2D eigenvalue weighted by atomic mass is 15.2. The summed E-state index contributed by atoms with van der Waals surface area (Å²) in [6.45, 7) is 11.4. The second-order valence-corrected chi connectivity index (χ2v) is 11.9. The van der Waals surface area contributed by atoms with Gasteiger partial charge in [0.05, 0.1) is 0 Å². The Morgan fingerprint density at radius 1 is 0.452 bits per heavy atom. The second-order valence-electron chi connectivity index (χ2n) is 11.9. The Hall–Kier alpha value is -4.24. The summed E-state index contributed by atoms with van der Waals surface area (Å²) in [5, 5.41) is 0. The topological polar surface area (TPSA) is 6.48 Å². The van der Waals surface area contributed by atoms with Crippen molar-refractivity contribution in [2.75, 3.05) is 9.80 Å². The van der Waals surface area contributed by atoms with E-state index in [-0.39, 0.29) is 6.71 Å². The molecule has 2 nitrogen and oxygen atoms in total. The first-order valence-corrected chi connectivity index (χ1v) is 15.7. The summed E-state index contributed by atoms with van der Waals surface area (Å²) >= 11 is 0. The van der Waals surface area contributed by atoms with Crippen LogP contribution in [0.2, 0.25) is 0 Å². The molecule has 42 heavy (non-hydrogen) atoms.